The summed E-state index contributed by atoms with van der Waals surface area (Å²) in [5, 5.41) is 14.4. The van der Waals surface area contributed by atoms with Crippen LogP contribution in [0.1, 0.15) is 39.7 Å². The number of rotatable bonds is 3. The van der Waals surface area contributed by atoms with Gasteiger partial charge in [-0.25, -0.2) is 0 Å². The predicted molar refractivity (Wildman–Crippen MR) is 90.0 cm³/mol. The number of β-amino-alcohol motifs (C(OH)–C–C–N with tert-alkyl or cyclic N) is 1. The van der Waals surface area contributed by atoms with E-state index in [1.807, 2.05) is 12.1 Å². The maximum atomic E-state index is 10.1. The predicted octanol–water partition coefficient (Wildman–Crippen LogP) is 3.44. The molecule has 118 valence electrons. The average Bonchev–Trinajstić information content (AvgIpc) is 2.39. The van der Waals surface area contributed by atoms with Crippen molar-refractivity contribution in [3.05, 3.63) is 28.8 Å². The fourth-order valence-electron chi connectivity index (χ4n) is 2.64. The number of piperidine rings is 1. The largest absolute Gasteiger partial charge is 0.391 e. The van der Waals surface area contributed by atoms with E-state index in [1.54, 1.807) is 0 Å². The van der Waals surface area contributed by atoms with Crippen molar-refractivity contribution in [3.8, 4) is 0 Å². The highest BCUT2D eigenvalue weighted by atomic mass is 35.5. The Hall–Kier alpha value is -0.770. The highest BCUT2D eigenvalue weighted by molar-refractivity contribution is 6.31. The molecule has 0 saturated carbocycles. The topological polar surface area (TPSA) is 35.5 Å². The van der Waals surface area contributed by atoms with Crippen molar-refractivity contribution >= 4 is 17.3 Å². The molecule has 0 aliphatic carbocycles. The third kappa shape index (κ3) is 4.35. The molecule has 1 fully saturated rings. The van der Waals surface area contributed by atoms with Crippen LogP contribution in [-0.2, 0) is 6.54 Å². The molecule has 2 atom stereocenters. The minimum atomic E-state index is -0.263. The molecule has 1 aromatic carbocycles. The molecule has 4 heteroatoms. The molecule has 0 bridgehead atoms. The lowest BCUT2D eigenvalue weighted by molar-refractivity contribution is 0.103. The van der Waals surface area contributed by atoms with E-state index >= 15 is 0 Å². The first-order valence-corrected chi connectivity index (χ1v) is 8.11. The van der Waals surface area contributed by atoms with E-state index in [4.69, 9.17) is 11.6 Å². The summed E-state index contributed by atoms with van der Waals surface area (Å²) in [7, 11) is 0. The van der Waals surface area contributed by atoms with Gasteiger partial charge in [0.25, 0.3) is 0 Å². The van der Waals surface area contributed by atoms with Crippen LogP contribution in [0.5, 0.6) is 0 Å². The molecule has 3 nitrogen and oxygen atoms in total. The van der Waals surface area contributed by atoms with Crippen molar-refractivity contribution in [2.45, 2.75) is 52.3 Å². The number of nitrogens with zero attached hydrogens (tertiary/aromatic N) is 1. The minimum absolute atomic E-state index is 0.0480. The van der Waals surface area contributed by atoms with E-state index in [0.29, 0.717) is 12.5 Å². The molecule has 1 aromatic rings. The Morgan fingerprint density at radius 1 is 1.38 bits per heavy atom. The first-order valence-electron chi connectivity index (χ1n) is 7.73. The molecule has 0 spiro atoms. The maximum Gasteiger partial charge on any atom is 0.0741 e. The second kappa shape index (κ2) is 6.55. The Kier molecular flexibility index (Phi) is 5.18. The van der Waals surface area contributed by atoms with E-state index in [-0.39, 0.29) is 11.6 Å². The lowest BCUT2D eigenvalue weighted by Gasteiger charge is -2.37. The zero-order chi connectivity index (χ0) is 15.6. The number of anilines is 1. The van der Waals surface area contributed by atoms with Gasteiger partial charge in [-0.3, -0.25) is 0 Å². The molecule has 21 heavy (non-hydrogen) atoms. The lowest BCUT2D eigenvalue weighted by Crippen LogP contribution is -2.43. The molecular weight excluding hydrogens is 284 g/mol. The molecule has 2 rings (SSSR count). The zero-order valence-electron chi connectivity index (χ0n) is 13.5. The van der Waals surface area contributed by atoms with Crippen molar-refractivity contribution in [2.75, 3.05) is 18.0 Å². The zero-order valence-corrected chi connectivity index (χ0v) is 14.2. The summed E-state index contributed by atoms with van der Waals surface area (Å²) in [4.78, 5) is 2.26. The van der Waals surface area contributed by atoms with Gasteiger partial charge in [0.2, 0.25) is 0 Å². The SMILES string of the molecule is CC1CCN(c2cccc(Cl)c2CNC(C)(C)C)CC1O. The minimum Gasteiger partial charge on any atom is -0.391 e. The number of aliphatic hydroxyl groups excluding tert-OH is 1. The normalized spacial score (nSPS) is 23.4. The van der Waals surface area contributed by atoms with E-state index in [1.165, 1.54) is 0 Å². The lowest BCUT2D eigenvalue weighted by atomic mass is 9.95. The number of aliphatic hydroxyl groups is 1. The second-order valence-corrected chi connectivity index (χ2v) is 7.53. The molecule has 0 radical (unpaired) electrons. The molecule has 2 unspecified atom stereocenters. The average molecular weight is 311 g/mol. The summed E-state index contributed by atoms with van der Waals surface area (Å²) in [5.41, 5.74) is 2.31. The highest BCUT2D eigenvalue weighted by Crippen LogP contribution is 2.31. The molecule has 0 aromatic heterocycles. The van der Waals surface area contributed by atoms with Crippen LogP contribution in [0.25, 0.3) is 0 Å². The van der Waals surface area contributed by atoms with Gasteiger partial charge in [-0.1, -0.05) is 24.6 Å². The van der Waals surface area contributed by atoms with Gasteiger partial charge in [-0.05, 0) is 45.2 Å². The number of nitrogens with one attached hydrogen (secondary N) is 1. The number of hydrogen-bond donors (Lipinski definition) is 2. The van der Waals surface area contributed by atoms with Crippen LogP contribution in [0.4, 0.5) is 5.69 Å². The van der Waals surface area contributed by atoms with E-state index in [2.05, 4.69) is 44.0 Å². The fourth-order valence-corrected chi connectivity index (χ4v) is 2.88. The molecule has 1 aliphatic rings. The smallest absolute Gasteiger partial charge is 0.0741 e. The summed E-state index contributed by atoms with van der Waals surface area (Å²) < 4.78 is 0. The van der Waals surface area contributed by atoms with Crippen LogP contribution in [-0.4, -0.2) is 29.8 Å². The van der Waals surface area contributed by atoms with Gasteiger partial charge < -0.3 is 15.3 Å². The Labute approximate surface area is 133 Å². The van der Waals surface area contributed by atoms with Crippen molar-refractivity contribution in [2.24, 2.45) is 5.92 Å². The molecule has 1 saturated heterocycles. The van der Waals surface area contributed by atoms with Crippen molar-refractivity contribution in [1.29, 1.82) is 0 Å². The van der Waals surface area contributed by atoms with Crippen LogP contribution in [0, 0.1) is 5.92 Å². The van der Waals surface area contributed by atoms with Gasteiger partial charge >= 0.3 is 0 Å². The summed E-state index contributed by atoms with van der Waals surface area (Å²) in [6, 6.07) is 6.03. The Morgan fingerprint density at radius 2 is 2.10 bits per heavy atom. The Morgan fingerprint density at radius 3 is 2.71 bits per heavy atom. The van der Waals surface area contributed by atoms with Crippen molar-refractivity contribution in [1.82, 2.24) is 5.32 Å². The van der Waals surface area contributed by atoms with Gasteiger partial charge in [0.1, 0.15) is 0 Å². The molecule has 0 amide bonds. The highest BCUT2D eigenvalue weighted by Gasteiger charge is 2.26. The Balaban J connectivity index is 2.21. The van der Waals surface area contributed by atoms with Crippen LogP contribution in [0.3, 0.4) is 0 Å². The summed E-state index contributed by atoms with van der Waals surface area (Å²) >= 11 is 6.41. The van der Waals surface area contributed by atoms with E-state index in [9.17, 15) is 5.11 Å². The molecular formula is C17H27ClN2O. The third-order valence-corrected chi connectivity index (χ3v) is 4.50. The number of halogens is 1. The third-order valence-electron chi connectivity index (χ3n) is 4.15. The molecule has 1 aliphatic heterocycles. The number of benzene rings is 1. The van der Waals surface area contributed by atoms with Crippen LogP contribution < -0.4 is 10.2 Å². The maximum absolute atomic E-state index is 10.1. The standard InChI is InChI=1S/C17H27ClN2O/c1-12-8-9-20(11-16(12)21)15-7-5-6-14(18)13(15)10-19-17(2,3)4/h5-7,12,16,19,21H,8-11H2,1-4H3. The fraction of sp³-hybridized carbons (Fsp3) is 0.647. The van der Waals surface area contributed by atoms with Gasteiger partial charge in [0, 0.05) is 41.4 Å². The first-order chi connectivity index (χ1) is 9.78. The van der Waals surface area contributed by atoms with Crippen LogP contribution in [0.2, 0.25) is 5.02 Å². The molecule has 2 N–H and O–H groups in total. The monoisotopic (exact) mass is 310 g/mol. The van der Waals surface area contributed by atoms with Crippen LogP contribution >= 0.6 is 11.6 Å². The quantitative estimate of drug-likeness (QED) is 0.898. The summed E-state index contributed by atoms with van der Waals surface area (Å²) in [5.74, 6) is 0.372. The first kappa shape index (κ1) is 16.6. The number of hydrogen-bond acceptors (Lipinski definition) is 3. The van der Waals surface area contributed by atoms with Gasteiger partial charge in [0.15, 0.2) is 0 Å². The van der Waals surface area contributed by atoms with Crippen LogP contribution in [0.15, 0.2) is 18.2 Å². The summed E-state index contributed by atoms with van der Waals surface area (Å²) in [6.07, 6.45) is 0.751. The summed E-state index contributed by atoms with van der Waals surface area (Å²) in [6.45, 7) is 11.0. The van der Waals surface area contributed by atoms with Crippen molar-refractivity contribution in [3.63, 3.8) is 0 Å². The Bertz CT molecular complexity index is 484. The van der Waals surface area contributed by atoms with Crippen molar-refractivity contribution < 1.29 is 5.11 Å². The van der Waals surface area contributed by atoms with Gasteiger partial charge in [0.05, 0.1) is 6.10 Å². The molecule has 1 heterocycles. The van der Waals surface area contributed by atoms with Gasteiger partial charge in [-0.2, -0.15) is 0 Å². The van der Waals surface area contributed by atoms with Gasteiger partial charge in [-0.15, -0.1) is 0 Å². The second-order valence-electron chi connectivity index (χ2n) is 7.12. The van der Waals surface area contributed by atoms with E-state index in [0.717, 1.165) is 35.8 Å². The van der Waals surface area contributed by atoms with E-state index < -0.39 is 0 Å².